The summed E-state index contributed by atoms with van der Waals surface area (Å²) in [5, 5.41) is 0.496. The zero-order valence-electron chi connectivity index (χ0n) is 18.3. The Bertz CT molecular complexity index is 1300. The Morgan fingerprint density at radius 2 is 1.70 bits per heavy atom. The standard InChI is InChI=1S/C24H23ClN2O5S/c1-13-10-14(2)21(15(3)11-13)33(30,31)26-12-24-9-8-18(32-24)19-20(24)23(29)27(22(19)28)17-6-4-16(25)5-7-17/h4-11,18-20,26H,12H2,1-3H3/t18-,19+,20+,24-/m1/s1. The van der Waals surface area contributed by atoms with Gasteiger partial charge in [0.05, 0.1) is 28.5 Å². The number of carbonyl (C=O) groups excluding carboxylic acids is 2. The first-order valence-corrected chi connectivity index (χ1v) is 12.5. The van der Waals surface area contributed by atoms with Crippen molar-refractivity contribution in [1.29, 1.82) is 0 Å². The number of hydrogen-bond donors (Lipinski definition) is 1. The molecular formula is C24H23ClN2O5S. The first kappa shape index (κ1) is 22.3. The molecule has 3 aliphatic rings. The summed E-state index contributed by atoms with van der Waals surface area (Å²) in [6.07, 6.45) is 2.89. The summed E-state index contributed by atoms with van der Waals surface area (Å²) in [5.74, 6) is -2.25. The third-order valence-electron chi connectivity index (χ3n) is 6.65. The number of sulfonamides is 1. The molecule has 0 aliphatic carbocycles. The number of benzene rings is 2. The molecule has 0 radical (unpaired) electrons. The molecule has 4 atom stereocenters. The van der Waals surface area contributed by atoms with Gasteiger partial charge in [-0.25, -0.2) is 18.0 Å². The molecule has 33 heavy (non-hydrogen) atoms. The lowest BCUT2D eigenvalue weighted by atomic mass is 9.77. The van der Waals surface area contributed by atoms with Gasteiger partial charge in [-0.3, -0.25) is 9.59 Å². The van der Waals surface area contributed by atoms with Crippen LogP contribution in [0.2, 0.25) is 5.02 Å². The van der Waals surface area contributed by atoms with Crippen LogP contribution in [-0.4, -0.2) is 38.5 Å². The lowest BCUT2D eigenvalue weighted by molar-refractivity contribution is -0.126. The van der Waals surface area contributed by atoms with Crippen LogP contribution in [0, 0.1) is 32.6 Å². The maximum Gasteiger partial charge on any atom is 0.241 e. The largest absolute Gasteiger partial charge is 0.361 e. The van der Waals surface area contributed by atoms with Crippen molar-refractivity contribution in [3.8, 4) is 0 Å². The normalized spacial score (nSPS) is 28.1. The van der Waals surface area contributed by atoms with E-state index in [2.05, 4.69) is 4.72 Å². The third-order valence-corrected chi connectivity index (χ3v) is 8.61. The van der Waals surface area contributed by atoms with E-state index in [0.717, 1.165) is 10.5 Å². The molecule has 0 unspecified atom stereocenters. The smallest absolute Gasteiger partial charge is 0.241 e. The maximum atomic E-state index is 13.4. The molecule has 1 N–H and O–H groups in total. The first-order valence-electron chi connectivity index (χ1n) is 10.6. The number of nitrogens with one attached hydrogen (secondary N) is 1. The lowest BCUT2D eigenvalue weighted by Gasteiger charge is -2.29. The van der Waals surface area contributed by atoms with Crippen molar-refractivity contribution in [1.82, 2.24) is 4.72 Å². The summed E-state index contributed by atoms with van der Waals surface area (Å²) in [6.45, 7) is 5.27. The third kappa shape index (κ3) is 3.35. The summed E-state index contributed by atoms with van der Waals surface area (Å²) in [7, 11) is -3.87. The molecule has 172 valence electrons. The van der Waals surface area contributed by atoms with E-state index in [1.165, 1.54) is 0 Å². The average molecular weight is 487 g/mol. The number of hydrogen-bond acceptors (Lipinski definition) is 5. The van der Waals surface area contributed by atoms with Crippen molar-refractivity contribution in [2.75, 3.05) is 11.4 Å². The van der Waals surface area contributed by atoms with Gasteiger partial charge in [0.25, 0.3) is 0 Å². The van der Waals surface area contributed by atoms with E-state index < -0.39 is 39.5 Å². The van der Waals surface area contributed by atoms with Crippen molar-refractivity contribution < 1.29 is 22.7 Å². The van der Waals surface area contributed by atoms with Crippen LogP contribution in [0.25, 0.3) is 0 Å². The molecule has 0 aromatic heterocycles. The van der Waals surface area contributed by atoms with E-state index in [0.29, 0.717) is 21.8 Å². The monoisotopic (exact) mass is 486 g/mol. The van der Waals surface area contributed by atoms with Crippen molar-refractivity contribution in [3.05, 3.63) is 70.3 Å². The van der Waals surface area contributed by atoms with Crippen LogP contribution in [0.15, 0.2) is 53.4 Å². The second-order valence-electron chi connectivity index (χ2n) is 8.94. The fourth-order valence-electron chi connectivity index (χ4n) is 5.42. The number of anilines is 1. The van der Waals surface area contributed by atoms with E-state index in [1.807, 2.05) is 19.1 Å². The Morgan fingerprint density at radius 1 is 1.06 bits per heavy atom. The fourth-order valence-corrected chi connectivity index (χ4v) is 7.07. The predicted octanol–water partition coefficient (Wildman–Crippen LogP) is 3.06. The van der Waals surface area contributed by atoms with Crippen molar-refractivity contribution in [2.45, 2.75) is 37.4 Å². The minimum absolute atomic E-state index is 0.149. The Balaban J connectivity index is 1.44. The summed E-state index contributed by atoms with van der Waals surface area (Å²) >= 11 is 5.95. The van der Waals surface area contributed by atoms with E-state index >= 15 is 0 Å². The maximum absolute atomic E-state index is 13.4. The van der Waals surface area contributed by atoms with Gasteiger partial charge in [0.15, 0.2) is 0 Å². The van der Waals surface area contributed by atoms with E-state index in [9.17, 15) is 18.0 Å². The fraction of sp³-hybridized carbons (Fsp3) is 0.333. The molecule has 7 nitrogen and oxygen atoms in total. The van der Waals surface area contributed by atoms with Crippen LogP contribution < -0.4 is 9.62 Å². The Hall–Kier alpha value is -2.52. The predicted molar refractivity (Wildman–Crippen MR) is 124 cm³/mol. The summed E-state index contributed by atoms with van der Waals surface area (Å²) in [6, 6.07) is 10.1. The second kappa shape index (κ2) is 7.50. The molecule has 2 amide bonds. The summed E-state index contributed by atoms with van der Waals surface area (Å²) in [5.41, 5.74) is 1.48. The van der Waals surface area contributed by atoms with Crippen molar-refractivity contribution in [3.63, 3.8) is 0 Å². The summed E-state index contributed by atoms with van der Waals surface area (Å²) in [4.78, 5) is 28.0. The van der Waals surface area contributed by atoms with Gasteiger partial charge >= 0.3 is 0 Å². The van der Waals surface area contributed by atoms with Crippen LogP contribution in [0.3, 0.4) is 0 Å². The highest BCUT2D eigenvalue weighted by Crippen LogP contribution is 2.52. The number of ether oxygens (including phenoxy) is 1. The topological polar surface area (TPSA) is 92.8 Å². The van der Waals surface area contributed by atoms with Gasteiger partial charge in [-0.2, -0.15) is 0 Å². The number of halogens is 1. The van der Waals surface area contributed by atoms with E-state index in [-0.39, 0.29) is 17.3 Å². The highest BCUT2D eigenvalue weighted by Gasteiger charge is 2.67. The molecule has 9 heteroatoms. The molecule has 2 saturated heterocycles. The zero-order valence-corrected chi connectivity index (χ0v) is 19.9. The number of amides is 2. The van der Waals surface area contributed by atoms with Gasteiger partial charge in [-0.1, -0.05) is 41.4 Å². The van der Waals surface area contributed by atoms with Gasteiger partial charge in [0.1, 0.15) is 5.60 Å². The lowest BCUT2D eigenvalue weighted by Crippen LogP contribution is -2.49. The molecular weight excluding hydrogens is 464 g/mol. The van der Waals surface area contributed by atoms with Crippen LogP contribution in [-0.2, 0) is 24.3 Å². The minimum atomic E-state index is -3.87. The number of rotatable bonds is 5. The van der Waals surface area contributed by atoms with Crippen LogP contribution in [0.1, 0.15) is 16.7 Å². The van der Waals surface area contributed by atoms with Crippen LogP contribution >= 0.6 is 11.6 Å². The van der Waals surface area contributed by atoms with Gasteiger partial charge in [-0.15, -0.1) is 0 Å². The molecule has 2 aromatic rings. The van der Waals surface area contributed by atoms with Gasteiger partial charge in [0, 0.05) is 11.6 Å². The molecule has 5 rings (SSSR count). The van der Waals surface area contributed by atoms with E-state index in [4.69, 9.17) is 16.3 Å². The minimum Gasteiger partial charge on any atom is -0.361 e. The Morgan fingerprint density at radius 3 is 2.33 bits per heavy atom. The second-order valence-corrected chi connectivity index (χ2v) is 11.1. The Labute approximate surface area is 197 Å². The van der Waals surface area contributed by atoms with E-state index in [1.54, 1.807) is 50.3 Å². The molecule has 2 bridgehead atoms. The van der Waals surface area contributed by atoms with Crippen LogP contribution in [0.4, 0.5) is 5.69 Å². The number of fused-ring (bicyclic) bond motifs is 5. The van der Waals surface area contributed by atoms with Crippen molar-refractivity contribution >= 4 is 39.1 Å². The van der Waals surface area contributed by atoms with Gasteiger partial charge < -0.3 is 4.74 Å². The highest BCUT2D eigenvalue weighted by atomic mass is 35.5. The number of imide groups is 1. The molecule has 3 heterocycles. The zero-order chi connectivity index (χ0) is 23.7. The van der Waals surface area contributed by atoms with Crippen molar-refractivity contribution in [2.24, 2.45) is 11.8 Å². The Kier molecular flexibility index (Phi) is 5.06. The number of aryl methyl sites for hydroxylation is 3. The molecule has 0 spiro atoms. The highest BCUT2D eigenvalue weighted by molar-refractivity contribution is 7.89. The number of nitrogens with zero attached hydrogens (tertiary/aromatic N) is 1. The summed E-state index contributed by atoms with van der Waals surface area (Å²) < 4.78 is 35.1. The van der Waals surface area contributed by atoms with Crippen LogP contribution in [0.5, 0.6) is 0 Å². The molecule has 3 aliphatic heterocycles. The average Bonchev–Trinajstić information content (AvgIpc) is 3.37. The molecule has 2 fully saturated rings. The molecule has 0 saturated carbocycles. The van der Waals surface area contributed by atoms with Gasteiger partial charge in [-0.05, 0) is 56.2 Å². The molecule has 2 aromatic carbocycles. The number of carbonyl (C=O) groups is 2. The first-order chi connectivity index (χ1) is 15.5. The van der Waals surface area contributed by atoms with Gasteiger partial charge in [0.2, 0.25) is 21.8 Å². The SMILES string of the molecule is Cc1cc(C)c(S(=O)(=O)NC[C@@]23C=C[C@@H](O2)[C@@H]2C(=O)N(c4ccc(Cl)cc4)C(=O)[C@H]23)c(C)c1. The quantitative estimate of drug-likeness (QED) is 0.518.